The molecule has 35 heavy (non-hydrogen) atoms. The molecule has 2 unspecified atom stereocenters. The Labute approximate surface area is 206 Å². The van der Waals surface area contributed by atoms with Crippen LogP contribution in [-0.2, 0) is 11.8 Å². The third-order valence-corrected chi connectivity index (χ3v) is 7.03. The maximum absolute atomic E-state index is 14.2. The monoisotopic (exact) mass is 510 g/mol. The molecule has 2 rings (SSSR count). The predicted octanol–water partition coefficient (Wildman–Crippen LogP) is 5.01. The third kappa shape index (κ3) is 5.20. The van der Waals surface area contributed by atoms with Gasteiger partial charge < -0.3 is 15.2 Å². The van der Waals surface area contributed by atoms with E-state index < -0.39 is 40.8 Å². The van der Waals surface area contributed by atoms with Crippen LogP contribution in [0, 0.1) is 29.5 Å². The Morgan fingerprint density at radius 3 is 2.37 bits per heavy atom. The smallest absolute Gasteiger partial charge is 0.292 e. The summed E-state index contributed by atoms with van der Waals surface area (Å²) in [5.41, 5.74) is -1.99. The molecule has 1 aromatic carbocycles. The summed E-state index contributed by atoms with van der Waals surface area (Å²) in [4.78, 5) is 38.5. The Kier molecular flexibility index (Phi) is 8.07. The summed E-state index contributed by atoms with van der Waals surface area (Å²) in [6.45, 7) is 6.49. The number of alkyl halides is 2. The van der Waals surface area contributed by atoms with Gasteiger partial charge in [0.1, 0.15) is 17.6 Å². The van der Waals surface area contributed by atoms with Gasteiger partial charge in [0, 0.05) is 24.5 Å². The van der Waals surface area contributed by atoms with Crippen LogP contribution in [0.2, 0.25) is 5.02 Å². The Morgan fingerprint density at radius 1 is 1.26 bits per heavy atom. The molecule has 1 heterocycles. The van der Waals surface area contributed by atoms with Crippen LogP contribution in [0.15, 0.2) is 18.2 Å². The summed E-state index contributed by atoms with van der Waals surface area (Å²) < 4.78 is 43.2. The van der Waals surface area contributed by atoms with E-state index in [2.05, 4.69) is 10.6 Å². The maximum atomic E-state index is 14.2. The van der Waals surface area contributed by atoms with Crippen molar-refractivity contribution in [2.45, 2.75) is 53.0 Å². The average Bonchev–Trinajstić information content (AvgIpc) is 3.00. The van der Waals surface area contributed by atoms with Crippen LogP contribution in [0.3, 0.4) is 0 Å². The second kappa shape index (κ2) is 10.1. The topological polar surface area (TPSA) is 104 Å². The molecule has 2 N–H and O–H groups in total. The highest BCUT2D eigenvalue weighted by Crippen LogP contribution is 2.42. The number of anilines is 1. The number of carbonyl (C=O) groups excluding carboxylic acids is 3. The van der Waals surface area contributed by atoms with Crippen molar-refractivity contribution in [3.63, 3.8) is 0 Å². The van der Waals surface area contributed by atoms with Crippen molar-refractivity contribution in [1.29, 1.82) is 5.26 Å². The lowest BCUT2D eigenvalue weighted by Crippen LogP contribution is -2.53. The van der Waals surface area contributed by atoms with E-state index in [1.807, 2.05) is 0 Å². The molecule has 2 aromatic rings. The molecule has 1 aromatic heterocycles. The van der Waals surface area contributed by atoms with Gasteiger partial charge in [0.05, 0.1) is 21.6 Å². The van der Waals surface area contributed by atoms with Crippen LogP contribution in [0.1, 0.15) is 66.2 Å². The SMILES string of the molecule is CCC(C)(C(C)NC(=O)C(=O)c1c(Cl)c(C(=O)Nc2ccc(F)c(C#N)c2)n(C)c1C)C(C)(F)F. The molecular formula is C24H26ClF3N4O3. The standard InChI is InChI=1S/C24H26ClF3N4O3/c1-7-23(4,24(5,27)28)13(3)30-22(35)20(33)17-12(2)32(6)19(18(17)25)21(34)31-15-8-9-16(26)14(10-15)11-29/h8-10,13H,7H2,1-6H3,(H,30,35)(H,31,34). The second-order valence-electron chi connectivity index (χ2n) is 8.63. The second-order valence-corrected chi connectivity index (χ2v) is 9.00. The molecule has 0 saturated heterocycles. The summed E-state index contributed by atoms with van der Waals surface area (Å²) in [7, 11) is 1.45. The summed E-state index contributed by atoms with van der Waals surface area (Å²) in [6, 6.07) is 3.99. The number of Topliss-reactive ketones (excluding diaryl/α,β-unsaturated/α-hetero) is 1. The first-order chi connectivity index (χ1) is 16.1. The van der Waals surface area contributed by atoms with E-state index in [4.69, 9.17) is 16.9 Å². The normalized spacial score (nSPS) is 14.0. The average molecular weight is 511 g/mol. The highest BCUT2D eigenvalue weighted by Gasteiger charge is 2.49. The molecule has 188 valence electrons. The molecule has 0 aliphatic rings. The number of ketones is 1. The van der Waals surface area contributed by atoms with E-state index in [1.165, 1.54) is 38.5 Å². The minimum Gasteiger partial charge on any atom is -0.346 e. The lowest BCUT2D eigenvalue weighted by Gasteiger charge is -2.39. The van der Waals surface area contributed by atoms with Gasteiger partial charge in [-0.2, -0.15) is 5.26 Å². The zero-order valence-electron chi connectivity index (χ0n) is 20.1. The van der Waals surface area contributed by atoms with Gasteiger partial charge in [-0.05, 0) is 45.4 Å². The minimum absolute atomic E-state index is 0.0402. The van der Waals surface area contributed by atoms with Gasteiger partial charge in [-0.15, -0.1) is 0 Å². The summed E-state index contributed by atoms with van der Waals surface area (Å²) in [5.74, 6) is -6.88. The number of nitriles is 1. The van der Waals surface area contributed by atoms with Gasteiger partial charge in [0.25, 0.3) is 23.5 Å². The number of carbonyl (C=O) groups is 3. The zero-order chi connectivity index (χ0) is 26.9. The van der Waals surface area contributed by atoms with E-state index in [-0.39, 0.29) is 39.6 Å². The first kappa shape index (κ1) is 27.9. The van der Waals surface area contributed by atoms with Gasteiger partial charge >= 0.3 is 0 Å². The van der Waals surface area contributed by atoms with Crippen molar-refractivity contribution in [1.82, 2.24) is 9.88 Å². The highest BCUT2D eigenvalue weighted by molar-refractivity contribution is 6.48. The number of benzene rings is 1. The molecule has 7 nitrogen and oxygen atoms in total. The number of amides is 2. The molecule has 11 heteroatoms. The maximum Gasteiger partial charge on any atom is 0.292 e. The van der Waals surface area contributed by atoms with Gasteiger partial charge in [-0.25, -0.2) is 13.2 Å². The third-order valence-electron chi connectivity index (χ3n) is 6.66. The lowest BCUT2D eigenvalue weighted by atomic mass is 9.75. The van der Waals surface area contributed by atoms with Crippen molar-refractivity contribution in [2.24, 2.45) is 12.5 Å². The fraction of sp³-hybridized carbons (Fsp3) is 0.417. The molecule has 0 fully saturated rings. The number of hydrogen-bond donors (Lipinski definition) is 2. The van der Waals surface area contributed by atoms with Crippen LogP contribution in [0.5, 0.6) is 0 Å². The van der Waals surface area contributed by atoms with Crippen molar-refractivity contribution < 1.29 is 27.6 Å². The fourth-order valence-corrected chi connectivity index (χ4v) is 4.12. The van der Waals surface area contributed by atoms with Crippen LogP contribution in [-0.4, -0.2) is 34.1 Å². The van der Waals surface area contributed by atoms with Crippen LogP contribution in [0.4, 0.5) is 18.9 Å². The first-order valence-corrected chi connectivity index (χ1v) is 11.1. The number of rotatable bonds is 8. The minimum atomic E-state index is -3.13. The van der Waals surface area contributed by atoms with Gasteiger partial charge in [-0.3, -0.25) is 14.4 Å². The number of nitrogens with zero attached hydrogens (tertiary/aromatic N) is 2. The van der Waals surface area contributed by atoms with Gasteiger partial charge in [-0.1, -0.05) is 25.4 Å². The summed E-state index contributed by atoms with van der Waals surface area (Å²) >= 11 is 6.33. The molecule has 0 aliphatic heterocycles. The van der Waals surface area contributed by atoms with Crippen molar-refractivity contribution >= 4 is 34.9 Å². The van der Waals surface area contributed by atoms with Gasteiger partial charge in [0.15, 0.2) is 0 Å². The highest BCUT2D eigenvalue weighted by atomic mass is 35.5. The molecule has 0 radical (unpaired) electrons. The molecule has 0 bridgehead atoms. The van der Waals surface area contributed by atoms with E-state index in [9.17, 15) is 27.6 Å². The number of hydrogen-bond acceptors (Lipinski definition) is 4. The van der Waals surface area contributed by atoms with Crippen LogP contribution < -0.4 is 10.6 Å². The van der Waals surface area contributed by atoms with E-state index in [0.717, 1.165) is 19.1 Å². The Hall–Kier alpha value is -3.32. The fourth-order valence-electron chi connectivity index (χ4n) is 3.69. The zero-order valence-corrected chi connectivity index (χ0v) is 20.9. The Balaban J connectivity index is 2.35. The summed E-state index contributed by atoms with van der Waals surface area (Å²) in [5, 5.41) is 13.5. The van der Waals surface area contributed by atoms with E-state index in [1.54, 1.807) is 13.0 Å². The molecule has 0 spiro atoms. The van der Waals surface area contributed by atoms with Gasteiger partial charge in [0.2, 0.25) is 0 Å². The number of nitrogens with one attached hydrogen (secondary N) is 2. The quantitative estimate of drug-likeness (QED) is 0.385. The largest absolute Gasteiger partial charge is 0.346 e. The van der Waals surface area contributed by atoms with E-state index >= 15 is 0 Å². The van der Waals surface area contributed by atoms with E-state index in [0.29, 0.717) is 0 Å². The van der Waals surface area contributed by atoms with Crippen molar-refractivity contribution in [3.8, 4) is 6.07 Å². The number of halogens is 4. The van der Waals surface area contributed by atoms with Crippen LogP contribution >= 0.6 is 11.6 Å². The Morgan fingerprint density at radius 2 is 1.86 bits per heavy atom. The number of aromatic nitrogens is 1. The van der Waals surface area contributed by atoms with Crippen molar-refractivity contribution in [3.05, 3.63) is 51.6 Å². The predicted molar refractivity (Wildman–Crippen MR) is 125 cm³/mol. The van der Waals surface area contributed by atoms with Crippen LogP contribution in [0.25, 0.3) is 0 Å². The first-order valence-electron chi connectivity index (χ1n) is 10.7. The Bertz CT molecular complexity index is 1230. The molecule has 0 aliphatic carbocycles. The molecule has 0 saturated carbocycles. The lowest BCUT2D eigenvalue weighted by molar-refractivity contribution is -0.129. The summed E-state index contributed by atoms with van der Waals surface area (Å²) in [6.07, 6.45) is 0.0402. The molecule has 2 amide bonds. The van der Waals surface area contributed by atoms with Crippen molar-refractivity contribution in [2.75, 3.05) is 5.32 Å². The molecular weight excluding hydrogens is 485 g/mol. The molecule has 2 atom stereocenters.